The van der Waals surface area contributed by atoms with Crippen molar-refractivity contribution in [2.45, 2.75) is 12.1 Å². The lowest BCUT2D eigenvalue weighted by Gasteiger charge is -1.89. The fraction of sp³-hybridized carbons (Fsp3) is 0.250. The Hall–Kier alpha value is -1.83. The first-order valence-corrected chi connectivity index (χ1v) is 5.43. The molecule has 0 amide bonds. The molecular weight excluding hydrogens is 230 g/mol. The number of carbonyl (C=O) groups is 1. The van der Waals surface area contributed by atoms with Gasteiger partial charge < -0.3 is 15.1 Å². The number of nitrogens with zero attached hydrogens (tertiary/aromatic N) is 3. The van der Waals surface area contributed by atoms with E-state index in [0.717, 1.165) is 17.6 Å². The maximum Gasteiger partial charge on any atom is 0.313 e. The van der Waals surface area contributed by atoms with Gasteiger partial charge in [0, 0.05) is 6.20 Å². The number of hydrogen-bond donors (Lipinski definition) is 3. The van der Waals surface area contributed by atoms with E-state index >= 15 is 0 Å². The minimum atomic E-state index is -0.890. The van der Waals surface area contributed by atoms with Crippen LogP contribution in [0.1, 0.15) is 5.82 Å². The topological polar surface area (TPSA) is 108 Å². The van der Waals surface area contributed by atoms with E-state index in [0.29, 0.717) is 16.7 Å². The summed E-state index contributed by atoms with van der Waals surface area (Å²) in [7, 11) is 0. The Kier molecular flexibility index (Phi) is 2.91. The average molecular weight is 239 g/mol. The summed E-state index contributed by atoms with van der Waals surface area (Å²) >= 11 is 1.08. The maximum atomic E-state index is 10.4. The standard InChI is InChI=1S/C8H9N5O2S/c1-4-9-2-5(10-4)7-11-8(13-12-7)16-3-6(14)15/h2H,3H2,1H3,(H,9,10)(H,14,15)(H,11,12,13). The number of carboxylic acids is 1. The molecule has 2 rings (SSSR count). The largest absolute Gasteiger partial charge is 0.481 e. The van der Waals surface area contributed by atoms with Gasteiger partial charge in [0.15, 0.2) is 11.0 Å². The van der Waals surface area contributed by atoms with Gasteiger partial charge in [0.2, 0.25) is 0 Å². The van der Waals surface area contributed by atoms with Gasteiger partial charge in [-0.05, 0) is 6.92 Å². The maximum absolute atomic E-state index is 10.4. The SMILES string of the molecule is Cc1nc(-c2nnc(SCC(=O)O)[nH]2)c[nH]1. The minimum Gasteiger partial charge on any atom is -0.481 e. The highest BCUT2D eigenvalue weighted by molar-refractivity contribution is 7.99. The summed E-state index contributed by atoms with van der Waals surface area (Å²) < 4.78 is 0. The fourth-order valence-corrected chi connectivity index (χ4v) is 1.62. The third-order valence-corrected chi connectivity index (χ3v) is 2.60. The second-order valence-corrected chi connectivity index (χ2v) is 4.00. The van der Waals surface area contributed by atoms with Gasteiger partial charge in [0.25, 0.3) is 0 Å². The van der Waals surface area contributed by atoms with E-state index in [2.05, 4.69) is 25.1 Å². The van der Waals surface area contributed by atoms with Gasteiger partial charge in [-0.3, -0.25) is 4.79 Å². The van der Waals surface area contributed by atoms with Gasteiger partial charge in [0.1, 0.15) is 11.5 Å². The molecule has 0 unspecified atom stereocenters. The van der Waals surface area contributed by atoms with E-state index in [1.807, 2.05) is 6.92 Å². The first kappa shape index (κ1) is 10.7. The van der Waals surface area contributed by atoms with Crippen LogP contribution in [0.2, 0.25) is 0 Å². The third kappa shape index (κ3) is 2.40. The van der Waals surface area contributed by atoms with Crippen LogP contribution in [-0.2, 0) is 4.79 Å². The first-order valence-electron chi connectivity index (χ1n) is 4.45. The third-order valence-electron chi connectivity index (χ3n) is 1.75. The number of aliphatic carboxylic acids is 1. The number of aromatic nitrogens is 5. The van der Waals surface area contributed by atoms with E-state index in [4.69, 9.17) is 5.11 Å². The summed E-state index contributed by atoms with van der Waals surface area (Å²) in [6.07, 6.45) is 1.71. The van der Waals surface area contributed by atoms with Crippen LogP contribution >= 0.6 is 11.8 Å². The number of hydrogen-bond acceptors (Lipinski definition) is 5. The van der Waals surface area contributed by atoms with Crippen LogP contribution in [0.15, 0.2) is 11.4 Å². The van der Waals surface area contributed by atoms with Crippen LogP contribution in [0.25, 0.3) is 11.5 Å². The summed E-state index contributed by atoms with van der Waals surface area (Å²) in [5.74, 6) is 0.371. The summed E-state index contributed by atoms with van der Waals surface area (Å²) in [6.45, 7) is 1.83. The normalized spacial score (nSPS) is 10.6. The van der Waals surface area contributed by atoms with Crippen molar-refractivity contribution in [3.8, 4) is 11.5 Å². The lowest BCUT2D eigenvalue weighted by atomic mass is 10.5. The van der Waals surface area contributed by atoms with Crippen LogP contribution < -0.4 is 0 Å². The number of rotatable bonds is 4. The van der Waals surface area contributed by atoms with Crippen LogP contribution in [0, 0.1) is 6.92 Å². The quantitative estimate of drug-likeness (QED) is 0.677. The Balaban J connectivity index is 2.10. The predicted molar refractivity (Wildman–Crippen MR) is 57.1 cm³/mol. The zero-order valence-corrected chi connectivity index (χ0v) is 9.21. The van der Waals surface area contributed by atoms with Gasteiger partial charge in [0.05, 0.1) is 5.75 Å². The zero-order chi connectivity index (χ0) is 11.5. The predicted octanol–water partition coefficient (Wildman–Crippen LogP) is 0.680. The van der Waals surface area contributed by atoms with Crippen LogP contribution in [-0.4, -0.2) is 42.0 Å². The van der Waals surface area contributed by atoms with E-state index < -0.39 is 5.97 Å². The molecule has 16 heavy (non-hydrogen) atoms. The van der Waals surface area contributed by atoms with Gasteiger partial charge >= 0.3 is 5.97 Å². The number of aryl methyl sites for hydroxylation is 1. The molecule has 2 heterocycles. The zero-order valence-electron chi connectivity index (χ0n) is 8.39. The summed E-state index contributed by atoms with van der Waals surface area (Å²) in [6, 6.07) is 0. The van der Waals surface area contributed by atoms with Crippen molar-refractivity contribution >= 4 is 17.7 Å². The Morgan fingerprint density at radius 2 is 2.38 bits per heavy atom. The van der Waals surface area contributed by atoms with Crippen molar-refractivity contribution in [3.05, 3.63) is 12.0 Å². The molecule has 2 aromatic heterocycles. The number of thioether (sulfide) groups is 1. The second-order valence-electron chi connectivity index (χ2n) is 3.03. The van der Waals surface area contributed by atoms with Gasteiger partial charge in [-0.15, -0.1) is 10.2 Å². The van der Waals surface area contributed by atoms with Crippen molar-refractivity contribution in [3.63, 3.8) is 0 Å². The number of carboxylic acid groups (broad SMARTS) is 1. The number of nitrogens with one attached hydrogen (secondary N) is 2. The van der Waals surface area contributed by atoms with Crippen LogP contribution in [0.5, 0.6) is 0 Å². The monoisotopic (exact) mass is 239 g/mol. The Labute approximate surface area is 94.7 Å². The highest BCUT2D eigenvalue weighted by atomic mass is 32.2. The molecule has 84 valence electrons. The molecule has 8 heteroatoms. The molecule has 0 aliphatic rings. The van der Waals surface area contributed by atoms with Crippen molar-refractivity contribution < 1.29 is 9.90 Å². The summed E-state index contributed by atoms with van der Waals surface area (Å²) in [5, 5.41) is 16.7. The molecule has 2 aromatic rings. The van der Waals surface area contributed by atoms with E-state index in [9.17, 15) is 4.79 Å². The minimum absolute atomic E-state index is 0.0474. The molecule has 0 aliphatic heterocycles. The summed E-state index contributed by atoms with van der Waals surface area (Å²) in [4.78, 5) is 20.3. The van der Waals surface area contributed by atoms with E-state index in [-0.39, 0.29) is 5.75 Å². The Morgan fingerprint density at radius 3 is 3.00 bits per heavy atom. The van der Waals surface area contributed by atoms with Gasteiger partial charge in [-0.1, -0.05) is 11.8 Å². The molecule has 7 nitrogen and oxygen atoms in total. The van der Waals surface area contributed by atoms with Gasteiger partial charge in [-0.25, -0.2) is 4.98 Å². The number of imidazole rings is 1. The highest BCUT2D eigenvalue weighted by Crippen LogP contribution is 2.17. The smallest absolute Gasteiger partial charge is 0.313 e. The molecule has 0 aromatic carbocycles. The fourth-order valence-electron chi connectivity index (χ4n) is 1.10. The molecular formula is C8H9N5O2S. The van der Waals surface area contributed by atoms with Crippen LogP contribution in [0.3, 0.4) is 0 Å². The first-order chi connectivity index (χ1) is 7.65. The molecule has 0 radical (unpaired) electrons. The summed E-state index contributed by atoms with van der Waals surface area (Å²) in [5.41, 5.74) is 0.659. The second kappa shape index (κ2) is 4.35. The lowest BCUT2D eigenvalue weighted by Crippen LogP contribution is -1.97. The van der Waals surface area contributed by atoms with E-state index in [1.54, 1.807) is 6.20 Å². The van der Waals surface area contributed by atoms with Crippen molar-refractivity contribution in [2.75, 3.05) is 5.75 Å². The molecule has 0 spiro atoms. The molecule has 0 saturated heterocycles. The Morgan fingerprint density at radius 1 is 1.56 bits per heavy atom. The molecule has 0 fully saturated rings. The van der Waals surface area contributed by atoms with Crippen molar-refractivity contribution in [1.82, 2.24) is 25.1 Å². The molecule has 0 aliphatic carbocycles. The van der Waals surface area contributed by atoms with Crippen molar-refractivity contribution in [1.29, 1.82) is 0 Å². The average Bonchev–Trinajstić information content (AvgIpc) is 2.83. The number of H-pyrrole nitrogens is 2. The Bertz CT molecular complexity index is 506. The molecule has 0 atom stereocenters. The molecule has 0 bridgehead atoms. The van der Waals surface area contributed by atoms with E-state index in [1.165, 1.54) is 0 Å². The van der Waals surface area contributed by atoms with Crippen molar-refractivity contribution in [2.24, 2.45) is 0 Å². The highest BCUT2D eigenvalue weighted by Gasteiger charge is 2.09. The van der Waals surface area contributed by atoms with Gasteiger partial charge in [-0.2, -0.15) is 0 Å². The number of aromatic amines is 2. The molecule has 3 N–H and O–H groups in total. The lowest BCUT2D eigenvalue weighted by molar-refractivity contribution is -0.133. The molecule has 0 saturated carbocycles. The van der Waals surface area contributed by atoms with Crippen LogP contribution in [0.4, 0.5) is 0 Å².